The Hall–Kier alpha value is -8.51. The number of aliphatic hydroxyl groups excluding tert-OH is 2. The Balaban J connectivity index is 0.000000262. The van der Waals surface area contributed by atoms with Crippen LogP contribution >= 0.6 is 9.84 Å². The molecule has 3 atom stereocenters. The first-order valence-electron chi connectivity index (χ1n) is 36.1. The number of carbonyl (C=O) groups excluding carboxylic acids is 3. The molecule has 6 aromatic carbocycles. The second-order valence-electron chi connectivity index (χ2n) is 28.0. The van der Waals surface area contributed by atoms with Crippen LogP contribution < -0.4 is 30.2 Å². The van der Waals surface area contributed by atoms with Gasteiger partial charge in [-0.1, -0.05) is 114 Å². The number of carboxylic acid groups (broad SMARTS) is 2. The predicted octanol–water partition coefficient (Wildman–Crippen LogP) is 11.9. The van der Waals surface area contributed by atoms with Gasteiger partial charge in [0.05, 0.1) is 21.1 Å². The van der Waals surface area contributed by atoms with E-state index >= 15 is 0 Å². The lowest BCUT2D eigenvalue weighted by atomic mass is 10.0. The molecule has 3 aliphatic rings. The number of piperidine rings is 3. The van der Waals surface area contributed by atoms with E-state index in [0.29, 0.717) is 76.8 Å². The predicted molar refractivity (Wildman–Crippen MR) is 403 cm³/mol. The zero-order valence-electron chi connectivity index (χ0n) is 62.8. The number of hydrogen-bond acceptors (Lipinski definition) is 13. The number of benzene rings is 6. The van der Waals surface area contributed by atoms with Crippen molar-refractivity contribution in [1.29, 1.82) is 1.28 Å². The van der Waals surface area contributed by atoms with Crippen molar-refractivity contribution in [2.24, 2.45) is 17.8 Å². The summed E-state index contributed by atoms with van der Waals surface area (Å²) in [4.78, 5) is 71.5. The van der Waals surface area contributed by atoms with E-state index < -0.39 is 24.1 Å². The SMILES string of the molecule is CC(C)COc1ccc(CNC(=O)N(Cc2ccc(F)cc2)C2CCN(C)CC2)cc1.CC(C)COc1ccc(CNC(=O)N(Cc2ccc(F)cc2)C2CCN(C)CC2)cc1.CC(C)COc1ccc(CNC(=O)N(Cc2ccc(F)cc2)C2CCN(C)CC2)cc1.O=C(O)[C@H](O)[C@@H](O)C(=O)O.[3H]P. The van der Waals surface area contributed by atoms with Crippen LogP contribution in [0.4, 0.5) is 27.6 Å². The zero-order chi connectivity index (χ0) is 77.0. The molecule has 25 heteroatoms. The van der Waals surface area contributed by atoms with Crippen LogP contribution in [-0.4, -0.2) is 192 Å². The molecular formula is C79H111F3N9O12P. The Kier molecular flexibility index (Phi) is 36.5. The van der Waals surface area contributed by atoms with Crippen molar-refractivity contribution in [1.82, 2.24) is 45.3 Å². The van der Waals surface area contributed by atoms with Crippen LogP contribution in [0.3, 0.4) is 0 Å². The number of hydrogen-bond donors (Lipinski definition) is 7. The minimum Gasteiger partial charge on any atom is -0.493 e. The van der Waals surface area contributed by atoms with Gasteiger partial charge in [-0.05, 0) is 223 Å². The molecule has 6 aromatic rings. The van der Waals surface area contributed by atoms with Crippen LogP contribution in [0.5, 0.6) is 17.2 Å². The van der Waals surface area contributed by atoms with Gasteiger partial charge in [0.25, 0.3) is 0 Å². The van der Waals surface area contributed by atoms with Crippen molar-refractivity contribution in [3.8, 4) is 17.2 Å². The zero-order valence-corrected chi connectivity index (χ0v) is 62.9. The van der Waals surface area contributed by atoms with Crippen molar-refractivity contribution >= 4 is 39.9 Å². The third-order valence-electron chi connectivity index (χ3n) is 17.6. The van der Waals surface area contributed by atoms with Gasteiger partial charge < -0.3 is 80.0 Å². The van der Waals surface area contributed by atoms with Crippen LogP contribution in [0.2, 0.25) is 0 Å². The Morgan fingerprint density at radius 1 is 0.404 bits per heavy atom. The maximum absolute atomic E-state index is 13.3. The van der Waals surface area contributed by atoms with E-state index in [2.05, 4.69) is 93.3 Å². The molecule has 104 heavy (non-hydrogen) atoms. The molecule has 9 rings (SSSR count). The normalized spacial score (nSPS) is 15.1. The van der Waals surface area contributed by atoms with Crippen LogP contribution in [0, 0.1) is 35.2 Å². The minimum atomic E-state index is -2.27. The number of nitrogens with zero attached hydrogens (tertiary/aromatic N) is 6. The lowest BCUT2D eigenvalue weighted by Crippen LogP contribution is -2.49. The fourth-order valence-electron chi connectivity index (χ4n) is 11.4. The van der Waals surface area contributed by atoms with Gasteiger partial charge in [0.15, 0.2) is 12.2 Å². The fourth-order valence-corrected chi connectivity index (χ4v) is 11.4. The van der Waals surface area contributed by atoms with Crippen molar-refractivity contribution < 1.29 is 71.8 Å². The van der Waals surface area contributed by atoms with E-state index in [1.165, 1.54) is 36.4 Å². The van der Waals surface area contributed by atoms with Crippen LogP contribution in [0.1, 0.15) is 113 Å². The molecule has 0 aromatic heterocycles. The number of amides is 6. The molecule has 570 valence electrons. The van der Waals surface area contributed by atoms with Crippen molar-refractivity contribution in [2.75, 3.05) is 80.2 Å². The van der Waals surface area contributed by atoms with Crippen LogP contribution in [0.25, 0.3) is 0 Å². The van der Waals surface area contributed by atoms with Crippen LogP contribution in [0.15, 0.2) is 146 Å². The molecule has 3 fully saturated rings. The number of halogens is 3. The lowest BCUT2D eigenvalue weighted by molar-refractivity contribution is -0.165. The summed E-state index contributed by atoms with van der Waals surface area (Å²) in [7, 11) is 7.99. The van der Waals surface area contributed by atoms with Gasteiger partial charge in [0.2, 0.25) is 0 Å². The number of rotatable bonds is 27. The van der Waals surface area contributed by atoms with Gasteiger partial charge in [-0.3, -0.25) is 0 Å². The molecular weight excluding hydrogens is 1350 g/mol. The second-order valence-corrected chi connectivity index (χ2v) is 28.0. The summed E-state index contributed by atoms with van der Waals surface area (Å²) in [5.74, 6) is -0.375. The van der Waals surface area contributed by atoms with Gasteiger partial charge in [0.1, 0.15) is 34.7 Å². The largest absolute Gasteiger partial charge is 0.493 e. The Bertz CT molecular complexity index is 3130. The van der Waals surface area contributed by atoms with E-state index in [0.717, 1.165) is 128 Å². The maximum atomic E-state index is 13.3. The molecule has 3 aliphatic heterocycles. The molecule has 0 saturated carbocycles. The third-order valence-corrected chi connectivity index (χ3v) is 17.6. The highest BCUT2D eigenvalue weighted by Crippen LogP contribution is 2.24. The fraction of sp³-hybridized carbons (Fsp3) is 0.481. The molecule has 3 heterocycles. The summed E-state index contributed by atoms with van der Waals surface area (Å²) in [6, 6.07) is 43.0. The van der Waals surface area contributed by atoms with Gasteiger partial charge >= 0.3 is 30.0 Å². The van der Waals surface area contributed by atoms with Crippen LogP contribution in [-0.2, 0) is 48.9 Å². The summed E-state index contributed by atoms with van der Waals surface area (Å²) >= 11 is 0. The molecule has 0 aliphatic carbocycles. The van der Waals surface area contributed by atoms with Gasteiger partial charge in [0, 0.05) is 57.4 Å². The standard InChI is InChI=1S/3C25H34FN3O2.C4H6O6.H3P/c3*1-19(2)18-31-24-10-6-20(7-11-24)16-27-25(30)29(23-12-14-28(3)15-13-23)17-21-4-8-22(26)9-5-21;5-1(3(7)8)2(6)4(9)10;/h3*4-11,19,23H,12-18H2,1-3H3,(H,27,30);1-2,5-6H,(H,7,8)(H,9,10);1H3/t;;;1-,2-;/m...1./s1/i;;;;1T. The number of likely N-dealkylation sites (tertiary alicyclic amines) is 3. The van der Waals surface area contributed by atoms with Crippen molar-refractivity contribution in [3.63, 3.8) is 0 Å². The summed E-state index contributed by atoms with van der Waals surface area (Å²) < 4.78 is 62.7. The molecule has 21 nitrogen and oxygen atoms in total. The van der Waals surface area contributed by atoms with Gasteiger partial charge in [-0.2, -0.15) is 9.84 Å². The Morgan fingerprint density at radius 2 is 0.606 bits per heavy atom. The Morgan fingerprint density at radius 3 is 0.798 bits per heavy atom. The number of ether oxygens (including phenoxy) is 3. The van der Waals surface area contributed by atoms with E-state index in [9.17, 15) is 37.1 Å². The first kappa shape index (κ1) is 84.4. The highest BCUT2D eigenvalue weighted by Gasteiger charge is 2.32. The quantitative estimate of drug-likeness (QED) is 0.0237. The molecule has 1 unspecified atom stereocenters. The number of aliphatic carboxylic acids is 2. The summed E-state index contributed by atoms with van der Waals surface area (Å²) in [5, 5.41) is 41.7. The first-order chi connectivity index (χ1) is 50.2. The van der Waals surface area contributed by atoms with Crippen molar-refractivity contribution in [2.45, 2.75) is 150 Å². The highest BCUT2D eigenvalue weighted by atomic mass is 31.0. The lowest BCUT2D eigenvalue weighted by Gasteiger charge is -2.37. The summed E-state index contributed by atoms with van der Waals surface area (Å²) in [6.45, 7) is 23.4. The number of urea groups is 3. The minimum absolute atomic E-state index is 0.0842. The first-order valence-corrected chi connectivity index (χ1v) is 35.6. The van der Waals surface area contributed by atoms with Crippen molar-refractivity contribution in [3.05, 3.63) is 196 Å². The van der Waals surface area contributed by atoms with Gasteiger partial charge in [-0.25, -0.2) is 37.1 Å². The smallest absolute Gasteiger partial charge is 0.335 e. The highest BCUT2D eigenvalue weighted by molar-refractivity contribution is 6.92. The number of nitrogens with one attached hydrogen (secondary N) is 3. The number of aliphatic hydroxyl groups is 2. The summed E-state index contributed by atoms with van der Waals surface area (Å²) in [5.41, 5.74) is 5.87. The molecule has 7 N–H and O–H groups in total. The van der Waals surface area contributed by atoms with E-state index in [4.69, 9.17) is 35.9 Å². The third kappa shape index (κ3) is 31.4. The topological polar surface area (TPSA) is 249 Å². The molecule has 0 spiro atoms. The van der Waals surface area contributed by atoms with E-state index in [1.54, 1.807) is 46.2 Å². The van der Waals surface area contributed by atoms with E-state index in [1.807, 2.05) is 87.5 Å². The monoisotopic (exact) mass is 1470 g/mol. The second kappa shape index (κ2) is 45.0. The number of carbonyl (C=O) groups is 5. The summed E-state index contributed by atoms with van der Waals surface area (Å²) in [6.07, 6.45) is 1.09. The van der Waals surface area contributed by atoms with Gasteiger partial charge in [-0.15, -0.1) is 0 Å². The van der Waals surface area contributed by atoms with E-state index in [-0.39, 0.29) is 53.7 Å². The Labute approximate surface area is 616 Å². The molecule has 0 radical (unpaired) electrons. The average molecular weight is 1470 g/mol. The number of carboxylic acids is 2. The molecule has 6 amide bonds. The maximum Gasteiger partial charge on any atom is 0.335 e. The average Bonchev–Trinajstić information content (AvgIpc) is 0.852. The molecule has 3 saturated heterocycles. The molecule has 0 bridgehead atoms.